The molecule has 0 saturated carbocycles. The van der Waals surface area contributed by atoms with Crippen LogP contribution in [0, 0.1) is 5.92 Å². The van der Waals surface area contributed by atoms with Crippen LogP contribution >= 0.6 is 0 Å². The van der Waals surface area contributed by atoms with Crippen LogP contribution in [0.5, 0.6) is 0 Å². The van der Waals surface area contributed by atoms with Crippen molar-refractivity contribution in [2.75, 3.05) is 26.2 Å². The van der Waals surface area contributed by atoms with Crippen LogP contribution in [-0.4, -0.2) is 62.5 Å². The van der Waals surface area contributed by atoms with Crippen LogP contribution < -0.4 is 0 Å². The van der Waals surface area contributed by atoms with E-state index in [2.05, 4.69) is 39.3 Å². The quantitative estimate of drug-likeness (QED) is 0.546. The standard InChI is InChI=1S/C25H31N5O2/c1-20(2)14-29-17-23(32-19-21-7-5-10-26-13-21)16-28(18-25(29)31)15-22-8-6-12-30(22)24-9-3-4-11-27-24/h3-13,20,23H,14-19H2,1-2H3. The molecule has 1 saturated heterocycles. The molecule has 0 aliphatic carbocycles. The summed E-state index contributed by atoms with van der Waals surface area (Å²) in [6, 6.07) is 13.9. The van der Waals surface area contributed by atoms with Gasteiger partial charge in [0.1, 0.15) is 5.82 Å². The minimum Gasteiger partial charge on any atom is -0.370 e. The maximum atomic E-state index is 13.1. The molecule has 0 bridgehead atoms. The lowest BCUT2D eigenvalue weighted by atomic mass is 10.2. The smallest absolute Gasteiger partial charge is 0.236 e. The van der Waals surface area contributed by atoms with Crippen LogP contribution in [0.1, 0.15) is 25.1 Å². The summed E-state index contributed by atoms with van der Waals surface area (Å²) in [6.45, 7) is 7.83. The molecule has 7 nitrogen and oxygen atoms in total. The van der Waals surface area contributed by atoms with E-state index in [1.807, 2.05) is 53.7 Å². The fraction of sp³-hybridized carbons (Fsp3) is 0.400. The molecule has 168 valence electrons. The molecular weight excluding hydrogens is 402 g/mol. The van der Waals surface area contributed by atoms with Crippen molar-refractivity contribution < 1.29 is 9.53 Å². The molecular formula is C25H31N5O2. The summed E-state index contributed by atoms with van der Waals surface area (Å²) in [5.41, 5.74) is 2.13. The average molecular weight is 434 g/mol. The number of hydrogen-bond donors (Lipinski definition) is 0. The molecule has 1 unspecified atom stereocenters. The van der Waals surface area contributed by atoms with Gasteiger partial charge >= 0.3 is 0 Å². The molecule has 1 aliphatic rings. The topological polar surface area (TPSA) is 63.5 Å². The van der Waals surface area contributed by atoms with Gasteiger partial charge in [-0.1, -0.05) is 26.0 Å². The number of amides is 1. The van der Waals surface area contributed by atoms with E-state index in [0.717, 1.165) is 23.6 Å². The summed E-state index contributed by atoms with van der Waals surface area (Å²) >= 11 is 0. The highest BCUT2D eigenvalue weighted by molar-refractivity contribution is 5.78. The van der Waals surface area contributed by atoms with Gasteiger partial charge in [0.2, 0.25) is 5.91 Å². The summed E-state index contributed by atoms with van der Waals surface area (Å²) in [5.74, 6) is 1.44. The Labute approximate surface area is 189 Å². The predicted molar refractivity (Wildman–Crippen MR) is 123 cm³/mol. The molecule has 1 amide bonds. The SMILES string of the molecule is CC(C)CN1CC(OCc2cccnc2)CN(Cc2cccn2-c2ccccn2)CC1=O. The van der Waals surface area contributed by atoms with E-state index in [1.54, 1.807) is 12.4 Å². The third-order valence-corrected chi connectivity index (χ3v) is 5.51. The van der Waals surface area contributed by atoms with Crippen molar-refractivity contribution in [2.24, 2.45) is 5.92 Å². The molecule has 4 heterocycles. The summed E-state index contributed by atoms with van der Waals surface area (Å²) in [7, 11) is 0. The Morgan fingerprint density at radius 3 is 2.75 bits per heavy atom. The van der Waals surface area contributed by atoms with Gasteiger partial charge < -0.3 is 14.2 Å². The van der Waals surface area contributed by atoms with Crippen LogP contribution in [0.3, 0.4) is 0 Å². The molecule has 0 radical (unpaired) electrons. The molecule has 0 aromatic carbocycles. The highest BCUT2D eigenvalue weighted by Gasteiger charge is 2.29. The zero-order valence-corrected chi connectivity index (χ0v) is 18.8. The Hall–Kier alpha value is -3.03. The van der Waals surface area contributed by atoms with E-state index in [-0.39, 0.29) is 12.0 Å². The maximum absolute atomic E-state index is 13.1. The van der Waals surface area contributed by atoms with Gasteiger partial charge in [-0.25, -0.2) is 4.98 Å². The monoisotopic (exact) mass is 433 g/mol. The van der Waals surface area contributed by atoms with Gasteiger partial charge in [0, 0.05) is 56.7 Å². The molecule has 0 spiro atoms. The largest absolute Gasteiger partial charge is 0.370 e. The second kappa shape index (κ2) is 10.5. The maximum Gasteiger partial charge on any atom is 0.236 e. The Bertz CT molecular complexity index is 990. The number of hydrogen-bond acceptors (Lipinski definition) is 5. The summed E-state index contributed by atoms with van der Waals surface area (Å²) in [5, 5.41) is 0. The van der Waals surface area contributed by atoms with Crippen molar-refractivity contribution in [1.82, 2.24) is 24.3 Å². The zero-order valence-electron chi connectivity index (χ0n) is 18.8. The predicted octanol–water partition coefficient (Wildman–Crippen LogP) is 3.15. The number of ether oxygens (including phenoxy) is 1. The minimum atomic E-state index is -0.0707. The summed E-state index contributed by atoms with van der Waals surface area (Å²) in [6.07, 6.45) is 7.32. The third kappa shape index (κ3) is 5.81. The van der Waals surface area contributed by atoms with Crippen LogP contribution in [0.4, 0.5) is 0 Å². The molecule has 1 aliphatic heterocycles. The van der Waals surface area contributed by atoms with Crippen molar-refractivity contribution in [1.29, 1.82) is 0 Å². The van der Waals surface area contributed by atoms with E-state index in [9.17, 15) is 4.79 Å². The first kappa shape index (κ1) is 22.2. The van der Waals surface area contributed by atoms with Crippen molar-refractivity contribution in [2.45, 2.75) is 33.1 Å². The lowest BCUT2D eigenvalue weighted by Gasteiger charge is -2.26. The fourth-order valence-corrected chi connectivity index (χ4v) is 4.08. The van der Waals surface area contributed by atoms with Crippen LogP contribution in [0.25, 0.3) is 5.82 Å². The van der Waals surface area contributed by atoms with E-state index in [1.165, 1.54) is 0 Å². The second-order valence-corrected chi connectivity index (χ2v) is 8.71. The number of carbonyl (C=O) groups is 1. The Morgan fingerprint density at radius 1 is 1.09 bits per heavy atom. The Balaban J connectivity index is 1.50. The van der Waals surface area contributed by atoms with E-state index in [4.69, 9.17) is 4.74 Å². The van der Waals surface area contributed by atoms with Crippen molar-refractivity contribution in [3.05, 3.63) is 78.5 Å². The summed E-state index contributed by atoms with van der Waals surface area (Å²) < 4.78 is 8.35. The third-order valence-electron chi connectivity index (χ3n) is 5.51. The van der Waals surface area contributed by atoms with Gasteiger partial charge in [-0.15, -0.1) is 0 Å². The number of nitrogens with zero attached hydrogens (tertiary/aromatic N) is 5. The number of rotatable bonds is 8. The first-order chi connectivity index (χ1) is 15.6. The Kier molecular flexibility index (Phi) is 7.29. The molecule has 7 heteroatoms. The second-order valence-electron chi connectivity index (χ2n) is 8.71. The van der Waals surface area contributed by atoms with Gasteiger partial charge in [0.15, 0.2) is 0 Å². The normalized spacial score (nSPS) is 17.7. The zero-order chi connectivity index (χ0) is 22.3. The van der Waals surface area contributed by atoms with Gasteiger partial charge in [0.05, 0.1) is 19.3 Å². The minimum absolute atomic E-state index is 0.0707. The van der Waals surface area contributed by atoms with Gasteiger partial charge in [-0.2, -0.15) is 0 Å². The van der Waals surface area contributed by atoms with Crippen LogP contribution in [0.2, 0.25) is 0 Å². The first-order valence-electron chi connectivity index (χ1n) is 11.2. The lowest BCUT2D eigenvalue weighted by molar-refractivity contribution is -0.132. The van der Waals surface area contributed by atoms with Gasteiger partial charge in [-0.3, -0.25) is 14.7 Å². The van der Waals surface area contributed by atoms with Crippen molar-refractivity contribution in [3.8, 4) is 5.82 Å². The fourth-order valence-electron chi connectivity index (χ4n) is 4.08. The average Bonchev–Trinajstić information content (AvgIpc) is 3.20. The van der Waals surface area contributed by atoms with E-state index in [0.29, 0.717) is 38.7 Å². The molecule has 1 fully saturated rings. The summed E-state index contributed by atoms with van der Waals surface area (Å²) in [4.78, 5) is 25.8. The van der Waals surface area contributed by atoms with Crippen LogP contribution in [-0.2, 0) is 22.7 Å². The highest BCUT2D eigenvalue weighted by Crippen LogP contribution is 2.17. The molecule has 4 rings (SSSR count). The number of pyridine rings is 2. The highest BCUT2D eigenvalue weighted by atomic mass is 16.5. The van der Waals surface area contributed by atoms with Crippen molar-refractivity contribution >= 4 is 5.91 Å². The van der Waals surface area contributed by atoms with Crippen molar-refractivity contribution in [3.63, 3.8) is 0 Å². The van der Waals surface area contributed by atoms with E-state index < -0.39 is 0 Å². The molecule has 32 heavy (non-hydrogen) atoms. The lowest BCUT2D eigenvalue weighted by Crippen LogP contribution is -2.40. The number of carbonyl (C=O) groups excluding carboxylic acids is 1. The molecule has 3 aromatic heterocycles. The molecule has 0 N–H and O–H groups in total. The van der Waals surface area contributed by atoms with Gasteiger partial charge in [0.25, 0.3) is 0 Å². The van der Waals surface area contributed by atoms with Gasteiger partial charge in [-0.05, 0) is 41.8 Å². The van der Waals surface area contributed by atoms with E-state index >= 15 is 0 Å². The van der Waals surface area contributed by atoms with Crippen LogP contribution in [0.15, 0.2) is 67.3 Å². The number of aromatic nitrogens is 3. The Morgan fingerprint density at radius 2 is 2.00 bits per heavy atom. The molecule has 1 atom stereocenters. The first-order valence-corrected chi connectivity index (χ1v) is 11.2. The molecule has 3 aromatic rings.